The van der Waals surface area contributed by atoms with Crippen LogP contribution in [0.15, 0.2) is 42.5 Å². The quantitative estimate of drug-likeness (QED) is 0.693. The smallest absolute Gasteiger partial charge is 0.317 e. The molecule has 0 aromatic heterocycles. The van der Waals surface area contributed by atoms with Crippen LogP contribution >= 0.6 is 0 Å². The van der Waals surface area contributed by atoms with Gasteiger partial charge < -0.3 is 21.1 Å². The number of carbonyl (C=O) groups is 1. The number of urea groups is 1. The van der Waals surface area contributed by atoms with E-state index in [1.165, 1.54) is 5.56 Å². The zero-order valence-electron chi connectivity index (χ0n) is 16.1. The molecule has 2 amide bonds. The zero-order valence-corrected chi connectivity index (χ0v) is 16.1. The normalized spacial score (nSPS) is 11.1. The maximum Gasteiger partial charge on any atom is 0.317 e. The third kappa shape index (κ3) is 5.77. The molecule has 0 unspecified atom stereocenters. The Hall–Kier alpha value is -2.53. The van der Waals surface area contributed by atoms with Crippen LogP contribution in [-0.2, 0) is 18.5 Å². The number of aryl methyl sites for hydroxylation is 1. The predicted molar refractivity (Wildman–Crippen MR) is 105 cm³/mol. The van der Waals surface area contributed by atoms with Gasteiger partial charge in [-0.1, -0.05) is 62.7 Å². The molecule has 0 fully saturated rings. The largest absolute Gasteiger partial charge is 0.473 e. The molecule has 0 saturated carbocycles. The molecule has 0 bridgehead atoms. The highest BCUT2D eigenvalue weighted by Crippen LogP contribution is 2.31. The molecule has 5 nitrogen and oxygen atoms in total. The van der Waals surface area contributed by atoms with Crippen molar-refractivity contribution in [2.45, 2.75) is 46.2 Å². The summed E-state index contributed by atoms with van der Waals surface area (Å²) in [7, 11) is 0. The van der Waals surface area contributed by atoms with Gasteiger partial charge in [0.2, 0.25) is 0 Å². The fourth-order valence-corrected chi connectivity index (χ4v) is 2.65. The molecule has 0 aliphatic carbocycles. The van der Waals surface area contributed by atoms with E-state index in [-0.39, 0.29) is 18.2 Å². The first kappa shape index (κ1) is 19.8. The van der Waals surface area contributed by atoms with Crippen molar-refractivity contribution in [3.63, 3.8) is 0 Å². The maximum atomic E-state index is 12.0. The second kappa shape index (κ2) is 8.72. The Bertz CT molecular complexity index is 751. The third-order valence-corrected chi connectivity index (χ3v) is 4.08. The van der Waals surface area contributed by atoms with E-state index in [2.05, 4.69) is 44.4 Å². The van der Waals surface area contributed by atoms with E-state index in [0.29, 0.717) is 13.1 Å². The van der Waals surface area contributed by atoms with Gasteiger partial charge >= 0.3 is 6.03 Å². The van der Waals surface area contributed by atoms with Gasteiger partial charge in [-0.25, -0.2) is 4.79 Å². The highest BCUT2D eigenvalue weighted by molar-refractivity contribution is 5.73. The predicted octanol–water partition coefficient (Wildman–Crippen LogP) is 3.59. The average molecular weight is 355 g/mol. The standard InChI is InChI=1S/C21H29N3O2/c1-15-8-9-19(18(10-15)21(2,3)4)26-14-24-20(25)23-13-17-7-5-6-16(11-17)12-22/h5-11H,12-14,22H2,1-4H3,(H2,23,24,25). The lowest BCUT2D eigenvalue weighted by Crippen LogP contribution is -2.37. The second-order valence-electron chi connectivity index (χ2n) is 7.42. The number of nitrogens with two attached hydrogens (primary N) is 1. The fourth-order valence-electron chi connectivity index (χ4n) is 2.65. The molecule has 2 aromatic carbocycles. The third-order valence-electron chi connectivity index (χ3n) is 4.08. The summed E-state index contributed by atoms with van der Waals surface area (Å²) in [5.41, 5.74) is 9.97. The number of hydrogen-bond acceptors (Lipinski definition) is 3. The number of hydrogen-bond donors (Lipinski definition) is 3. The Labute approximate surface area is 155 Å². The minimum atomic E-state index is -0.271. The van der Waals surface area contributed by atoms with E-state index in [9.17, 15) is 4.79 Å². The molecule has 4 N–H and O–H groups in total. The van der Waals surface area contributed by atoms with Crippen LogP contribution in [0.5, 0.6) is 5.75 Å². The summed E-state index contributed by atoms with van der Waals surface area (Å²) in [6.07, 6.45) is 0. The first-order valence-corrected chi connectivity index (χ1v) is 8.83. The van der Waals surface area contributed by atoms with Crippen molar-refractivity contribution in [3.8, 4) is 5.75 Å². The summed E-state index contributed by atoms with van der Waals surface area (Å²) in [6.45, 7) is 9.53. The topological polar surface area (TPSA) is 76.4 Å². The molecule has 0 saturated heterocycles. The summed E-state index contributed by atoms with van der Waals surface area (Å²) in [4.78, 5) is 12.0. The maximum absolute atomic E-state index is 12.0. The van der Waals surface area contributed by atoms with E-state index in [1.54, 1.807) is 0 Å². The molecule has 0 aliphatic rings. The number of amides is 2. The first-order valence-electron chi connectivity index (χ1n) is 8.83. The monoisotopic (exact) mass is 355 g/mol. The Kier molecular flexibility index (Phi) is 6.64. The minimum Gasteiger partial charge on any atom is -0.473 e. The highest BCUT2D eigenvalue weighted by Gasteiger charge is 2.19. The zero-order chi connectivity index (χ0) is 19.2. The highest BCUT2D eigenvalue weighted by atomic mass is 16.5. The molecule has 0 spiro atoms. The van der Waals surface area contributed by atoms with Crippen molar-refractivity contribution in [3.05, 3.63) is 64.7 Å². The molecule has 2 rings (SSSR count). The van der Waals surface area contributed by atoms with Crippen molar-refractivity contribution in [2.24, 2.45) is 5.73 Å². The van der Waals surface area contributed by atoms with Gasteiger partial charge in [0, 0.05) is 13.1 Å². The lowest BCUT2D eigenvalue weighted by atomic mass is 9.85. The van der Waals surface area contributed by atoms with Crippen LogP contribution in [-0.4, -0.2) is 12.8 Å². The molecular formula is C21H29N3O2. The van der Waals surface area contributed by atoms with E-state index >= 15 is 0 Å². The van der Waals surface area contributed by atoms with E-state index < -0.39 is 0 Å². The van der Waals surface area contributed by atoms with Crippen molar-refractivity contribution in [1.29, 1.82) is 0 Å². The first-order chi connectivity index (χ1) is 12.3. The average Bonchev–Trinajstić information content (AvgIpc) is 2.60. The molecule has 0 radical (unpaired) electrons. The minimum absolute atomic E-state index is 0.0301. The molecule has 0 heterocycles. The van der Waals surface area contributed by atoms with Gasteiger partial charge in [0.25, 0.3) is 0 Å². The second-order valence-corrected chi connectivity index (χ2v) is 7.42. The number of benzene rings is 2. The Balaban J connectivity index is 1.85. The van der Waals surface area contributed by atoms with Crippen LogP contribution in [0.25, 0.3) is 0 Å². The van der Waals surface area contributed by atoms with Crippen LogP contribution in [0.2, 0.25) is 0 Å². The number of rotatable bonds is 6. The SMILES string of the molecule is Cc1ccc(OCNC(=O)NCc2cccc(CN)c2)c(C(C)(C)C)c1. The Morgan fingerprint density at radius 1 is 1.08 bits per heavy atom. The van der Waals surface area contributed by atoms with Gasteiger partial charge in [0.15, 0.2) is 6.73 Å². The molecule has 140 valence electrons. The van der Waals surface area contributed by atoms with E-state index in [0.717, 1.165) is 22.4 Å². The molecule has 26 heavy (non-hydrogen) atoms. The van der Waals surface area contributed by atoms with Crippen LogP contribution in [0.4, 0.5) is 4.79 Å². The summed E-state index contributed by atoms with van der Waals surface area (Å²) in [5.74, 6) is 0.791. The van der Waals surface area contributed by atoms with Gasteiger partial charge in [-0.05, 0) is 35.1 Å². The van der Waals surface area contributed by atoms with Gasteiger partial charge in [0.05, 0.1) is 0 Å². The van der Waals surface area contributed by atoms with Crippen LogP contribution in [0, 0.1) is 6.92 Å². The Morgan fingerprint density at radius 2 is 1.81 bits per heavy atom. The van der Waals surface area contributed by atoms with Crippen molar-refractivity contribution >= 4 is 6.03 Å². The summed E-state index contributed by atoms with van der Waals surface area (Å²) in [6, 6.07) is 13.7. The molecule has 2 aromatic rings. The summed E-state index contributed by atoms with van der Waals surface area (Å²) < 4.78 is 5.79. The van der Waals surface area contributed by atoms with Gasteiger partial charge in [-0.2, -0.15) is 0 Å². The van der Waals surface area contributed by atoms with Gasteiger partial charge in [-0.15, -0.1) is 0 Å². The number of carbonyl (C=O) groups excluding carboxylic acids is 1. The van der Waals surface area contributed by atoms with Crippen molar-refractivity contribution in [2.75, 3.05) is 6.73 Å². The lowest BCUT2D eigenvalue weighted by molar-refractivity contribution is 0.222. The molecular weight excluding hydrogens is 326 g/mol. The summed E-state index contributed by atoms with van der Waals surface area (Å²) in [5, 5.41) is 5.55. The van der Waals surface area contributed by atoms with E-state index in [4.69, 9.17) is 10.5 Å². The van der Waals surface area contributed by atoms with Crippen LogP contribution in [0.3, 0.4) is 0 Å². The molecule has 5 heteroatoms. The lowest BCUT2D eigenvalue weighted by Gasteiger charge is -2.23. The molecule has 0 aliphatic heterocycles. The van der Waals surface area contributed by atoms with Crippen molar-refractivity contribution in [1.82, 2.24) is 10.6 Å². The fraction of sp³-hybridized carbons (Fsp3) is 0.381. The summed E-state index contributed by atoms with van der Waals surface area (Å²) >= 11 is 0. The number of ether oxygens (including phenoxy) is 1. The van der Waals surface area contributed by atoms with Crippen molar-refractivity contribution < 1.29 is 9.53 Å². The number of nitrogens with one attached hydrogen (secondary N) is 2. The Morgan fingerprint density at radius 3 is 2.50 bits per heavy atom. The van der Waals surface area contributed by atoms with E-state index in [1.807, 2.05) is 36.4 Å². The van der Waals surface area contributed by atoms with Crippen LogP contribution < -0.4 is 21.1 Å². The van der Waals surface area contributed by atoms with Gasteiger partial charge in [-0.3, -0.25) is 0 Å². The van der Waals surface area contributed by atoms with Crippen LogP contribution in [0.1, 0.15) is 43.0 Å². The molecule has 0 atom stereocenters. The van der Waals surface area contributed by atoms with Gasteiger partial charge in [0.1, 0.15) is 5.75 Å².